The highest BCUT2D eigenvalue weighted by atomic mass is 16.7. The second-order valence-corrected chi connectivity index (χ2v) is 12.0. The van der Waals surface area contributed by atoms with Crippen molar-refractivity contribution in [3.63, 3.8) is 0 Å². The minimum absolute atomic E-state index is 0.339. The zero-order chi connectivity index (χ0) is 26.8. The Labute approximate surface area is 215 Å². The van der Waals surface area contributed by atoms with Gasteiger partial charge in [-0.15, -0.1) is 0 Å². The van der Waals surface area contributed by atoms with Crippen molar-refractivity contribution < 1.29 is 23.6 Å². The molecule has 2 fully saturated rings. The third-order valence-electron chi connectivity index (χ3n) is 7.29. The quantitative estimate of drug-likeness (QED) is 0.580. The molecule has 1 aromatic carbocycles. The molecule has 2 N–H and O–H groups in total. The number of ether oxygens (including phenoxy) is 1. The average Bonchev–Trinajstić information content (AvgIpc) is 2.99. The molecule has 36 heavy (non-hydrogen) atoms. The third kappa shape index (κ3) is 6.60. The van der Waals surface area contributed by atoms with Crippen molar-refractivity contribution in [2.75, 3.05) is 0 Å². The number of amides is 2. The van der Waals surface area contributed by atoms with Crippen LogP contribution in [0.4, 0.5) is 4.79 Å². The number of rotatable bonds is 6. The lowest BCUT2D eigenvalue weighted by Crippen LogP contribution is -2.61. The highest BCUT2D eigenvalue weighted by Gasteiger charge is 2.51. The average molecular weight is 497 g/mol. The van der Waals surface area contributed by atoms with Crippen LogP contribution in [0, 0.1) is 11.3 Å². The molecule has 1 atom stereocenters. The molecule has 2 aliphatic rings. The number of nitrogens with zero attached hydrogens (tertiary/aromatic N) is 1. The summed E-state index contributed by atoms with van der Waals surface area (Å²) < 4.78 is 17.6. The van der Waals surface area contributed by atoms with Gasteiger partial charge in [-0.2, -0.15) is 5.26 Å². The van der Waals surface area contributed by atoms with Crippen LogP contribution in [0.3, 0.4) is 0 Å². The van der Waals surface area contributed by atoms with Crippen molar-refractivity contribution in [2.45, 2.75) is 115 Å². The van der Waals surface area contributed by atoms with E-state index in [0.717, 1.165) is 30.3 Å². The van der Waals surface area contributed by atoms with Crippen LogP contribution in [-0.4, -0.2) is 47.5 Å². The van der Waals surface area contributed by atoms with E-state index in [2.05, 4.69) is 16.7 Å². The second-order valence-electron chi connectivity index (χ2n) is 12.0. The summed E-state index contributed by atoms with van der Waals surface area (Å²) in [5, 5.41) is 15.5. The molecule has 1 saturated heterocycles. The van der Waals surface area contributed by atoms with Crippen molar-refractivity contribution in [3.05, 3.63) is 29.8 Å². The van der Waals surface area contributed by atoms with E-state index in [0.29, 0.717) is 19.3 Å². The topological polar surface area (TPSA) is 110 Å². The van der Waals surface area contributed by atoms with Gasteiger partial charge in [0.25, 0.3) is 0 Å². The molecule has 9 heteroatoms. The molecule has 0 bridgehead atoms. The number of carbonyl (C=O) groups is 2. The maximum Gasteiger partial charge on any atom is 0.494 e. The van der Waals surface area contributed by atoms with Crippen LogP contribution in [0.15, 0.2) is 24.3 Å². The van der Waals surface area contributed by atoms with Gasteiger partial charge in [0.05, 0.1) is 17.3 Å². The van der Waals surface area contributed by atoms with Crippen LogP contribution in [0.1, 0.15) is 86.1 Å². The first-order valence-corrected chi connectivity index (χ1v) is 12.8. The van der Waals surface area contributed by atoms with Crippen LogP contribution in [0.25, 0.3) is 0 Å². The van der Waals surface area contributed by atoms with Gasteiger partial charge in [0.1, 0.15) is 17.2 Å². The Morgan fingerprint density at radius 2 is 1.61 bits per heavy atom. The van der Waals surface area contributed by atoms with Gasteiger partial charge in [-0.05, 0) is 72.3 Å². The molecular formula is C27H40BN3O5. The lowest BCUT2D eigenvalue weighted by molar-refractivity contribution is -0.129. The summed E-state index contributed by atoms with van der Waals surface area (Å²) >= 11 is 0. The van der Waals surface area contributed by atoms with E-state index in [1.165, 1.54) is 0 Å². The van der Waals surface area contributed by atoms with Gasteiger partial charge in [-0.3, -0.25) is 4.79 Å². The minimum atomic E-state index is -1.07. The van der Waals surface area contributed by atoms with Gasteiger partial charge in [-0.25, -0.2) is 4.79 Å². The molecule has 2 amide bonds. The maximum atomic E-state index is 13.4. The zero-order valence-electron chi connectivity index (χ0n) is 22.7. The number of nitrogens with one attached hydrogen (secondary N) is 2. The third-order valence-corrected chi connectivity index (χ3v) is 7.29. The molecule has 1 unspecified atom stereocenters. The largest absolute Gasteiger partial charge is 0.494 e. The Morgan fingerprint density at radius 1 is 1.06 bits per heavy atom. The first kappa shape index (κ1) is 28.0. The fourth-order valence-electron chi connectivity index (χ4n) is 4.51. The van der Waals surface area contributed by atoms with Crippen LogP contribution in [-0.2, 0) is 25.3 Å². The lowest BCUT2D eigenvalue weighted by atomic mass is 9.78. The Kier molecular flexibility index (Phi) is 8.12. The first-order chi connectivity index (χ1) is 16.7. The van der Waals surface area contributed by atoms with Gasteiger partial charge in [0.15, 0.2) is 0 Å². The smallest absolute Gasteiger partial charge is 0.444 e. The molecule has 196 valence electrons. The second kappa shape index (κ2) is 10.4. The molecule has 1 aromatic rings. The molecule has 8 nitrogen and oxygen atoms in total. The van der Waals surface area contributed by atoms with E-state index in [1.807, 2.05) is 52.0 Å². The SMILES string of the molecule is CC(C)(C)OC(=O)NC1(C(=O)NC(C#N)Cc2ccc(B3OC(C)(C)C(C)(C)O3)cc2)CCCCC1. The minimum Gasteiger partial charge on any atom is -0.444 e. The summed E-state index contributed by atoms with van der Waals surface area (Å²) in [6, 6.07) is 9.17. The van der Waals surface area contributed by atoms with E-state index < -0.39 is 41.6 Å². The predicted octanol–water partition coefficient (Wildman–Crippen LogP) is 3.76. The molecule has 0 radical (unpaired) electrons. The van der Waals surface area contributed by atoms with E-state index in [-0.39, 0.29) is 5.91 Å². The van der Waals surface area contributed by atoms with Crippen molar-refractivity contribution in [2.24, 2.45) is 0 Å². The number of alkyl carbamates (subject to hydrolysis) is 1. The zero-order valence-corrected chi connectivity index (χ0v) is 22.7. The number of carbonyl (C=O) groups excluding carboxylic acids is 2. The summed E-state index contributed by atoms with van der Waals surface area (Å²) in [6.07, 6.45) is 3.39. The Bertz CT molecular complexity index is 972. The number of hydrogen-bond acceptors (Lipinski definition) is 6. The van der Waals surface area contributed by atoms with Gasteiger partial charge >= 0.3 is 13.2 Å². The van der Waals surface area contributed by atoms with Gasteiger partial charge < -0.3 is 24.7 Å². The predicted molar refractivity (Wildman–Crippen MR) is 139 cm³/mol. The van der Waals surface area contributed by atoms with Crippen molar-refractivity contribution in [1.29, 1.82) is 5.26 Å². The van der Waals surface area contributed by atoms with E-state index in [4.69, 9.17) is 14.0 Å². The Morgan fingerprint density at radius 3 is 2.11 bits per heavy atom. The molecule has 1 heterocycles. The Balaban J connectivity index is 1.66. The monoisotopic (exact) mass is 497 g/mol. The Hall–Kier alpha value is -2.57. The van der Waals surface area contributed by atoms with Crippen molar-refractivity contribution in [3.8, 4) is 6.07 Å². The van der Waals surface area contributed by atoms with Gasteiger partial charge in [0.2, 0.25) is 5.91 Å². The normalized spacial score (nSPS) is 21.2. The molecule has 1 aliphatic carbocycles. The van der Waals surface area contributed by atoms with Crippen LogP contribution >= 0.6 is 0 Å². The van der Waals surface area contributed by atoms with Crippen LogP contribution in [0.5, 0.6) is 0 Å². The summed E-state index contributed by atoms with van der Waals surface area (Å²) in [6.45, 7) is 13.4. The fourth-order valence-corrected chi connectivity index (χ4v) is 4.51. The highest BCUT2D eigenvalue weighted by molar-refractivity contribution is 6.62. The summed E-state index contributed by atoms with van der Waals surface area (Å²) in [5.74, 6) is -0.339. The number of nitriles is 1. The number of hydrogen-bond donors (Lipinski definition) is 2. The first-order valence-electron chi connectivity index (χ1n) is 12.8. The maximum absolute atomic E-state index is 13.4. The van der Waals surface area contributed by atoms with Crippen LogP contribution < -0.4 is 16.1 Å². The summed E-state index contributed by atoms with van der Waals surface area (Å²) in [5.41, 5.74) is -0.782. The molecule has 3 rings (SSSR count). The highest BCUT2D eigenvalue weighted by Crippen LogP contribution is 2.36. The fraction of sp³-hybridized carbons (Fsp3) is 0.667. The number of benzene rings is 1. The van der Waals surface area contributed by atoms with Crippen LogP contribution in [0.2, 0.25) is 0 Å². The van der Waals surface area contributed by atoms with Crippen molar-refractivity contribution >= 4 is 24.6 Å². The van der Waals surface area contributed by atoms with Crippen molar-refractivity contribution in [1.82, 2.24) is 10.6 Å². The van der Waals surface area contributed by atoms with Gasteiger partial charge in [0, 0.05) is 6.42 Å². The van der Waals surface area contributed by atoms with E-state index >= 15 is 0 Å². The van der Waals surface area contributed by atoms with E-state index in [9.17, 15) is 14.9 Å². The molecule has 0 spiro atoms. The molecular weight excluding hydrogens is 457 g/mol. The molecule has 0 aromatic heterocycles. The van der Waals surface area contributed by atoms with E-state index in [1.54, 1.807) is 20.8 Å². The van der Waals surface area contributed by atoms with Gasteiger partial charge in [-0.1, -0.05) is 43.5 Å². The molecule has 1 aliphatic heterocycles. The summed E-state index contributed by atoms with van der Waals surface area (Å²) in [4.78, 5) is 25.9. The lowest BCUT2D eigenvalue weighted by Gasteiger charge is -2.37. The summed E-state index contributed by atoms with van der Waals surface area (Å²) in [7, 11) is -0.458. The standard InChI is InChI=1S/C27H40BN3O5/c1-24(2,3)34-23(33)31-27(15-9-8-10-16-27)22(32)30-21(18-29)17-19-11-13-20(14-12-19)28-35-25(4,5)26(6,7)36-28/h11-14,21H,8-10,15-17H2,1-7H3,(H,30,32)(H,31,33). The molecule has 1 saturated carbocycles.